The molecule has 2 aromatic heterocycles. The summed E-state index contributed by atoms with van der Waals surface area (Å²) in [5.41, 5.74) is 3.13. The summed E-state index contributed by atoms with van der Waals surface area (Å²) in [6.45, 7) is 8.49. The van der Waals surface area contributed by atoms with Crippen LogP contribution in [-0.2, 0) is 12.8 Å². The number of hydrogen-bond acceptors (Lipinski definition) is 2. The molecule has 0 nitrogen and oxygen atoms in total. The minimum absolute atomic E-state index is 0.177. The molecule has 3 aromatic carbocycles. The van der Waals surface area contributed by atoms with Crippen molar-refractivity contribution in [3.8, 4) is 22.3 Å². The zero-order valence-electron chi connectivity index (χ0n) is 33.0. The van der Waals surface area contributed by atoms with Crippen LogP contribution in [0.1, 0.15) is 90.2 Å². The molecule has 2 heterocycles. The number of thiophene rings is 2. The standard InChI is InChI=1S/C38H40F4S2.6CH3.2Sn/c1-5-9-11-23(7-3)17-29-31(39)19-25(20-32(29)40)35-27-13-15-44-38(27)36(28-14-16-43-37(28)35)26-21-33(41)30(34(42)22-26)18-24(8-4)12-10-6-2;;;;;;;;/h13-14,19-24H,5-12,17-18H2,1-4H3;6*1H3;;. The molecule has 8 heteroatoms. The summed E-state index contributed by atoms with van der Waals surface area (Å²) >= 11 is -1.95. The Kier molecular flexibility index (Phi) is 14.0. The van der Waals surface area contributed by atoms with E-state index < -0.39 is 60.0 Å². The molecule has 0 radical (unpaired) electrons. The van der Waals surface area contributed by atoms with Crippen LogP contribution in [0, 0.1) is 35.1 Å². The number of unbranched alkanes of at least 4 members (excludes halogenated alkanes) is 2. The number of rotatable bonds is 16. The maximum absolute atomic E-state index is 16.2. The van der Waals surface area contributed by atoms with Crippen molar-refractivity contribution in [2.24, 2.45) is 11.8 Å². The van der Waals surface area contributed by atoms with Gasteiger partial charge in [0.2, 0.25) is 0 Å². The molecule has 0 amide bonds. The van der Waals surface area contributed by atoms with E-state index in [0.717, 1.165) is 82.7 Å². The van der Waals surface area contributed by atoms with Crippen molar-refractivity contribution in [3.05, 3.63) is 70.8 Å². The van der Waals surface area contributed by atoms with Gasteiger partial charge in [0, 0.05) is 0 Å². The third-order valence-electron chi connectivity index (χ3n) is 10.9. The van der Waals surface area contributed by atoms with E-state index in [1.165, 1.54) is 5.79 Å². The van der Waals surface area contributed by atoms with Crippen molar-refractivity contribution in [2.75, 3.05) is 0 Å². The molecule has 0 saturated carbocycles. The molecule has 2 atom stereocenters. The van der Waals surface area contributed by atoms with Gasteiger partial charge in [-0.3, -0.25) is 0 Å². The van der Waals surface area contributed by atoms with E-state index in [4.69, 9.17) is 0 Å². The van der Waals surface area contributed by atoms with Crippen LogP contribution in [0.4, 0.5) is 17.6 Å². The minimum atomic E-state index is -2.70. The second-order valence-electron chi connectivity index (χ2n) is 17.0. The molecule has 0 fully saturated rings. The van der Waals surface area contributed by atoms with E-state index in [1.54, 1.807) is 46.9 Å². The fraction of sp³-hybridized carbons (Fsp3) is 0.500. The van der Waals surface area contributed by atoms with Crippen LogP contribution in [-0.4, -0.2) is 36.8 Å². The Morgan fingerprint density at radius 3 is 1.12 bits per heavy atom. The van der Waals surface area contributed by atoms with Gasteiger partial charge in [0.25, 0.3) is 0 Å². The first-order chi connectivity index (χ1) is 24.5. The van der Waals surface area contributed by atoms with Crippen LogP contribution in [0.5, 0.6) is 0 Å². The van der Waals surface area contributed by atoms with Crippen molar-refractivity contribution in [1.82, 2.24) is 0 Å². The SMILES string of the molecule is CCCCC(CC)Cc1c(F)cc(-c2c3c[c]([Sn]([CH3])([CH3])[CH3])sc3c(-c3cc(F)c(CC(CC)CCCC)c(F)c3)c3c[c]([Sn]([CH3])([CH3])[CH3])sc23)cc1F. The monoisotopic (exact) mass is 966 g/mol. The quantitative estimate of drug-likeness (QED) is 0.0683. The predicted molar refractivity (Wildman–Crippen MR) is 228 cm³/mol. The normalized spacial score (nSPS) is 13.8. The predicted octanol–water partition coefficient (Wildman–Crippen LogP) is 14.6. The van der Waals surface area contributed by atoms with Gasteiger partial charge >= 0.3 is 303 Å². The number of fused-ring (bicyclic) bond motifs is 2. The Morgan fingerprint density at radius 1 is 0.519 bits per heavy atom. The fourth-order valence-corrected chi connectivity index (χ4v) is 20.3. The van der Waals surface area contributed by atoms with Crippen LogP contribution in [0.2, 0.25) is 29.6 Å². The van der Waals surface area contributed by atoms with Gasteiger partial charge in [-0.15, -0.1) is 0 Å². The molecular weight excluding hydrogens is 906 g/mol. The topological polar surface area (TPSA) is 0 Å². The molecule has 0 N–H and O–H groups in total. The second-order valence-corrected chi connectivity index (χ2v) is 50.0. The van der Waals surface area contributed by atoms with Gasteiger partial charge in [0.1, 0.15) is 0 Å². The summed E-state index contributed by atoms with van der Waals surface area (Å²) in [7, 11) is 0. The molecule has 282 valence electrons. The first kappa shape index (κ1) is 42.0. The van der Waals surface area contributed by atoms with Gasteiger partial charge in [0.05, 0.1) is 0 Å². The van der Waals surface area contributed by atoms with E-state index >= 15 is 17.6 Å². The van der Waals surface area contributed by atoms with Gasteiger partial charge in [-0.1, -0.05) is 26.7 Å². The summed E-state index contributed by atoms with van der Waals surface area (Å²) in [5, 5.41) is 1.87. The van der Waals surface area contributed by atoms with Gasteiger partial charge in [-0.05, 0) is 0 Å². The molecular formula is C44H58F4S2Sn2. The first-order valence-electron chi connectivity index (χ1n) is 19.5. The summed E-state index contributed by atoms with van der Waals surface area (Å²) in [4.78, 5) is 14.2. The van der Waals surface area contributed by atoms with Crippen molar-refractivity contribution in [3.63, 3.8) is 0 Å². The number of hydrogen-bond donors (Lipinski definition) is 0. The molecule has 0 spiro atoms. The second kappa shape index (κ2) is 17.4. The van der Waals surface area contributed by atoms with Crippen molar-refractivity contribution >= 4 is 85.4 Å². The van der Waals surface area contributed by atoms with Gasteiger partial charge in [0.15, 0.2) is 0 Å². The van der Waals surface area contributed by atoms with E-state index in [-0.39, 0.29) is 23.0 Å². The fourth-order valence-electron chi connectivity index (χ4n) is 7.43. The van der Waals surface area contributed by atoms with Crippen LogP contribution in [0.15, 0.2) is 36.4 Å². The Bertz CT molecular complexity index is 1780. The van der Waals surface area contributed by atoms with Crippen molar-refractivity contribution < 1.29 is 17.6 Å². The number of halogens is 4. The van der Waals surface area contributed by atoms with Crippen molar-refractivity contribution in [2.45, 2.75) is 122 Å². The zero-order valence-corrected chi connectivity index (χ0v) is 40.4. The average Bonchev–Trinajstić information content (AvgIpc) is 3.71. The van der Waals surface area contributed by atoms with E-state index in [0.29, 0.717) is 24.0 Å². The summed E-state index contributed by atoms with van der Waals surface area (Å²) in [5.74, 6) is -1.48. The van der Waals surface area contributed by atoms with Crippen LogP contribution in [0.3, 0.4) is 0 Å². The Morgan fingerprint density at radius 2 is 0.846 bits per heavy atom. The Hall–Kier alpha value is -1.10. The van der Waals surface area contributed by atoms with E-state index in [9.17, 15) is 0 Å². The molecule has 0 aliphatic heterocycles. The third-order valence-corrected chi connectivity index (χ3v) is 32.0. The summed E-state index contributed by atoms with van der Waals surface area (Å²) < 4.78 is 69.2. The van der Waals surface area contributed by atoms with Crippen LogP contribution >= 0.6 is 22.7 Å². The van der Waals surface area contributed by atoms with Gasteiger partial charge < -0.3 is 0 Å². The molecule has 0 saturated heterocycles. The molecule has 52 heavy (non-hydrogen) atoms. The van der Waals surface area contributed by atoms with Gasteiger partial charge in [-0.2, -0.15) is 0 Å². The van der Waals surface area contributed by atoms with Crippen LogP contribution < -0.4 is 5.79 Å². The summed E-state index contributed by atoms with van der Waals surface area (Å²) in [6.07, 6.45) is 8.71. The molecule has 0 bridgehead atoms. The summed E-state index contributed by atoms with van der Waals surface area (Å²) in [6, 6.07) is 10.7. The average molecular weight is 964 g/mol. The molecule has 0 aliphatic rings. The van der Waals surface area contributed by atoms with Crippen LogP contribution in [0.25, 0.3) is 42.4 Å². The Balaban J connectivity index is 1.79. The number of benzene rings is 3. The van der Waals surface area contributed by atoms with E-state index in [1.807, 2.05) is 0 Å². The third kappa shape index (κ3) is 9.12. The molecule has 5 rings (SSSR count). The first-order valence-corrected chi connectivity index (χ1v) is 41.1. The van der Waals surface area contributed by atoms with E-state index in [2.05, 4.69) is 69.5 Å². The maximum atomic E-state index is 16.2. The molecule has 0 aliphatic carbocycles. The molecule has 2 unspecified atom stereocenters. The van der Waals surface area contributed by atoms with Crippen molar-refractivity contribution in [1.29, 1.82) is 0 Å². The Labute approximate surface area is 326 Å². The zero-order chi connectivity index (χ0) is 38.1. The molecule has 5 aromatic rings. The van der Waals surface area contributed by atoms with Gasteiger partial charge in [-0.25, -0.2) is 0 Å².